The Labute approximate surface area is 106 Å². The summed E-state index contributed by atoms with van der Waals surface area (Å²) in [5.41, 5.74) is 3.50. The minimum absolute atomic E-state index is 0.795. The third-order valence-electron chi connectivity index (χ3n) is 3.17. The first kappa shape index (κ1) is 10.9. The summed E-state index contributed by atoms with van der Waals surface area (Å²) in [4.78, 5) is 7.36. The maximum Gasteiger partial charge on any atom is 0.0948 e. The van der Waals surface area contributed by atoms with Crippen LogP contribution in [0.2, 0.25) is 0 Å². The van der Waals surface area contributed by atoms with Gasteiger partial charge in [0, 0.05) is 35.5 Å². The minimum Gasteiger partial charge on any atom is -0.379 e. The molecule has 18 heavy (non-hydrogen) atoms. The molecule has 2 aromatic heterocycles. The number of rotatable bonds is 4. The molecule has 0 radical (unpaired) electrons. The summed E-state index contributed by atoms with van der Waals surface area (Å²) < 4.78 is 2.14. The molecule has 4 nitrogen and oxygen atoms in total. The molecule has 0 fully saturated rings. The van der Waals surface area contributed by atoms with Crippen molar-refractivity contribution in [3.8, 4) is 0 Å². The van der Waals surface area contributed by atoms with Crippen molar-refractivity contribution in [1.82, 2.24) is 14.5 Å². The number of fused-ring (bicyclic) bond motifs is 1. The lowest BCUT2D eigenvalue weighted by Gasteiger charge is -2.08. The fourth-order valence-electron chi connectivity index (χ4n) is 2.14. The molecule has 2 N–H and O–H groups in total. The average molecular weight is 240 g/mol. The highest BCUT2D eigenvalue weighted by atomic mass is 15.1. The Morgan fingerprint density at radius 1 is 1.33 bits per heavy atom. The Kier molecular flexibility index (Phi) is 2.76. The number of benzene rings is 1. The topological polar surface area (TPSA) is 45.6 Å². The number of nitrogens with one attached hydrogen (secondary N) is 2. The Morgan fingerprint density at radius 3 is 3.17 bits per heavy atom. The second-order valence-corrected chi connectivity index (χ2v) is 4.30. The van der Waals surface area contributed by atoms with Gasteiger partial charge in [0.05, 0.1) is 18.6 Å². The van der Waals surface area contributed by atoms with Gasteiger partial charge in [-0.25, -0.2) is 4.98 Å². The lowest BCUT2D eigenvalue weighted by Crippen LogP contribution is -2.05. The van der Waals surface area contributed by atoms with Crippen molar-refractivity contribution in [2.45, 2.75) is 20.0 Å². The van der Waals surface area contributed by atoms with Gasteiger partial charge >= 0.3 is 0 Å². The number of aromatic amines is 1. The molecule has 0 bridgehead atoms. The number of aryl methyl sites for hydroxylation is 1. The van der Waals surface area contributed by atoms with Gasteiger partial charge in [-0.3, -0.25) is 0 Å². The number of H-pyrrole nitrogens is 1. The first-order valence-corrected chi connectivity index (χ1v) is 6.17. The predicted octanol–water partition coefficient (Wildman–Crippen LogP) is 3.00. The van der Waals surface area contributed by atoms with E-state index in [4.69, 9.17) is 0 Å². The van der Waals surface area contributed by atoms with E-state index in [9.17, 15) is 0 Å². The Hall–Kier alpha value is -2.23. The number of nitrogens with zero attached hydrogens (tertiary/aromatic N) is 2. The zero-order valence-corrected chi connectivity index (χ0v) is 10.4. The molecule has 4 heteroatoms. The fraction of sp³-hybridized carbons (Fsp3) is 0.214. The largest absolute Gasteiger partial charge is 0.379 e. The van der Waals surface area contributed by atoms with Crippen LogP contribution in [0.5, 0.6) is 0 Å². The van der Waals surface area contributed by atoms with Gasteiger partial charge in [0.2, 0.25) is 0 Å². The summed E-state index contributed by atoms with van der Waals surface area (Å²) in [5, 5.41) is 4.65. The zero-order valence-electron chi connectivity index (χ0n) is 10.4. The molecular formula is C14H16N4. The van der Waals surface area contributed by atoms with E-state index in [0.717, 1.165) is 18.8 Å². The van der Waals surface area contributed by atoms with Crippen LogP contribution in [-0.4, -0.2) is 14.5 Å². The van der Waals surface area contributed by atoms with Crippen molar-refractivity contribution < 1.29 is 0 Å². The first-order chi connectivity index (χ1) is 8.86. The maximum atomic E-state index is 4.16. The predicted molar refractivity (Wildman–Crippen MR) is 73.5 cm³/mol. The number of anilines is 1. The molecule has 0 aliphatic carbocycles. The fourth-order valence-corrected chi connectivity index (χ4v) is 2.14. The summed E-state index contributed by atoms with van der Waals surface area (Å²) in [6.07, 6.45) is 5.73. The van der Waals surface area contributed by atoms with Crippen LogP contribution in [-0.2, 0) is 13.1 Å². The summed E-state index contributed by atoms with van der Waals surface area (Å²) >= 11 is 0. The van der Waals surface area contributed by atoms with Gasteiger partial charge in [-0.2, -0.15) is 0 Å². The van der Waals surface area contributed by atoms with E-state index < -0.39 is 0 Å². The van der Waals surface area contributed by atoms with Gasteiger partial charge in [0.25, 0.3) is 0 Å². The molecule has 0 amide bonds. The van der Waals surface area contributed by atoms with Gasteiger partial charge < -0.3 is 14.9 Å². The van der Waals surface area contributed by atoms with E-state index in [1.165, 1.54) is 16.6 Å². The van der Waals surface area contributed by atoms with E-state index in [-0.39, 0.29) is 0 Å². The smallest absolute Gasteiger partial charge is 0.0948 e. The molecule has 0 saturated carbocycles. The highest BCUT2D eigenvalue weighted by Gasteiger charge is 2.01. The molecule has 0 saturated heterocycles. The van der Waals surface area contributed by atoms with Crippen LogP contribution in [0.25, 0.3) is 10.9 Å². The molecular weight excluding hydrogens is 224 g/mol. The molecule has 0 unspecified atom stereocenters. The van der Waals surface area contributed by atoms with Crippen molar-refractivity contribution in [2.24, 2.45) is 0 Å². The van der Waals surface area contributed by atoms with Crippen LogP contribution in [0.3, 0.4) is 0 Å². The normalized spacial score (nSPS) is 10.9. The monoisotopic (exact) mass is 240 g/mol. The van der Waals surface area contributed by atoms with Crippen LogP contribution in [0, 0.1) is 0 Å². The van der Waals surface area contributed by atoms with Crippen LogP contribution >= 0.6 is 0 Å². The van der Waals surface area contributed by atoms with E-state index >= 15 is 0 Å². The molecule has 0 aliphatic heterocycles. The molecule has 92 valence electrons. The highest BCUT2D eigenvalue weighted by molar-refractivity contribution is 5.82. The van der Waals surface area contributed by atoms with Crippen LogP contribution in [0.4, 0.5) is 5.69 Å². The quantitative estimate of drug-likeness (QED) is 0.736. The van der Waals surface area contributed by atoms with Crippen molar-refractivity contribution in [3.63, 3.8) is 0 Å². The van der Waals surface area contributed by atoms with Crippen molar-refractivity contribution >= 4 is 16.6 Å². The lowest BCUT2D eigenvalue weighted by molar-refractivity contribution is 0.719. The van der Waals surface area contributed by atoms with E-state index in [1.54, 1.807) is 0 Å². The third-order valence-corrected chi connectivity index (χ3v) is 3.17. The summed E-state index contributed by atoms with van der Waals surface area (Å²) in [6, 6.07) is 8.41. The minimum atomic E-state index is 0.795. The third kappa shape index (κ3) is 1.97. The molecule has 0 atom stereocenters. The summed E-state index contributed by atoms with van der Waals surface area (Å²) in [5.74, 6) is 0. The molecule has 3 rings (SSSR count). The highest BCUT2D eigenvalue weighted by Crippen LogP contribution is 2.18. The van der Waals surface area contributed by atoms with Crippen LogP contribution in [0.1, 0.15) is 12.6 Å². The summed E-state index contributed by atoms with van der Waals surface area (Å²) in [6.45, 7) is 3.87. The van der Waals surface area contributed by atoms with Gasteiger partial charge in [0.15, 0.2) is 0 Å². The van der Waals surface area contributed by atoms with Gasteiger partial charge in [0.1, 0.15) is 0 Å². The number of hydrogen-bond donors (Lipinski definition) is 2. The second-order valence-electron chi connectivity index (χ2n) is 4.30. The van der Waals surface area contributed by atoms with E-state index in [2.05, 4.69) is 51.0 Å². The summed E-state index contributed by atoms with van der Waals surface area (Å²) in [7, 11) is 0. The molecule has 3 aromatic rings. The molecule has 1 aromatic carbocycles. The number of hydrogen-bond acceptors (Lipinski definition) is 2. The van der Waals surface area contributed by atoms with E-state index in [0.29, 0.717) is 0 Å². The standard InChI is InChI=1S/C14H16N4/c1-2-18-10-15-8-13(18)9-17-12-3-4-14-11(7-12)5-6-16-14/h3-8,10,16-17H,2,9H2,1H3. The van der Waals surface area contributed by atoms with Gasteiger partial charge in [-0.05, 0) is 31.2 Å². The van der Waals surface area contributed by atoms with Crippen molar-refractivity contribution in [2.75, 3.05) is 5.32 Å². The number of imidazole rings is 1. The maximum absolute atomic E-state index is 4.16. The zero-order chi connectivity index (χ0) is 12.4. The number of aromatic nitrogens is 3. The lowest BCUT2D eigenvalue weighted by atomic mass is 10.2. The molecule has 0 aliphatic rings. The van der Waals surface area contributed by atoms with Gasteiger partial charge in [-0.1, -0.05) is 0 Å². The van der Waals surface area contributed by atoms with Crippen LogP contribution in [0.15, 0.2) is 43.0 Å². The van der Waals surface area contributed by atoms with E-state index in [1.807, 2.05) is 18.7 Å². The van der Waals surface area contributed by atoms with Crippen molar-refractivity contribution in [1.29, 1.82) is 0 Å². The van der Waals surface area contributed by atoms with Gasteiger partial charge in [-0.15, -0.1) is 0 Å². The Bertz CT molecular complexity index is 650. The second kappa shape index (κ2) is 4.56. The Morgan fingerprint density at radius 2 is 2.28 bits per heavy atom. The van der Waals surface area contributed by atoms with Crippen molar-refractivity contribution in [3.05, 3.63) is 48.7 Å². The average Bonchev–Trinajstić information content (AvgIpc) is 3.04. The first-order valence-electron chi connectivity index (χ1n) is 6.17. The van der Waals surface area contributed by atoms with Crippen LogP contribution < -0.4 is 5.32 Å². The molecule has 0 spiro atoms. The SMILES string of the molecule is CCn1cncc1CNc1ccc2[nH]ccc2c1. The Balaban J connectivity index is 1.76. The molecule has 2 heterocycles.